The summed E-state index contributed by atoms with van der Waals surface area (Å²) in [7, 11) is 1.65. The van der Waals surface area contributed by atoms with Gasteiger partial charge in [-0.2, -0.15) is 0 Å². The average molecular weight is 340 g/mol. The van der Waals surface area contributed by atoms with E-state index >= 15 is 0 Å². The van der Waals surface area contributed by atoms with E-state index in [1.807, 2.05) is 42.5 Å². The van der Waals surface area contributed by atoms with Crippen LogP contribution in [0.5, 0.6) is 5.75 Å². The topological polar surface area (TPSA) is 61.8 Å². The van der Waals surface area contributed by atoms with Crippen molar-refractivity contribution in [1.29, 1.82) is 0 Å². The lowest BCUT2D eigenvalue weighted by molar-refractivity contribution is 0.127. The number of aliphatic hydroxyl groups is 1. The van der Waals surface area contributed by atoms with Gasteiger partial charge in [-0.1, -0.05) is 42.5 Å². The number of aliphatic hydroxyl groups excluding tert-OH is 1. The number of hydrogen-bond acceptors (Lipinski definition) is 3. The van der Waals surface area contributed by atoms with Gasteiger partial charge in [0.1, 0.15) is 5.75 Å². The highest BCUT2D eigenvalue weighted by atomic mass is 16.5. The van der Waals surface area contributed by atoms with Gasteiger partial charge in [-0.15, -0.1) is 0 Å². The van der Waals surface area contributed by atoms with E-state index in [1.165, 1.54) is 5.56 Å². The highest BCUT2D eigenvalue weighted by molar-refractivity contribution is 5.75. The van der Waals surface area contributed by atoms with Crippen molar-refractivity contribution in [1.82, 2.24) is 10.2 Å². The second-order valence-corrected chi connectivity index (χ2v) is 6.13. The van der Waals surface area contributed by atoms with Crippen LogP contribution in [-0.4, -0.2) is 42.8 Å². The lowest BCUT2D eigenvalue weighted by Crippen LogP contribution is -2.47. The maximum absolute atomic E-state index is 12.6. The largest absolute Gasteiger partial charge is 0.496 e. The Morgan fingerprint density at radius 3 is 2.80 bits per heavy atom. The number of urea groups is 1. The summed E-state index contributed by atoms with van der Waals surface area (Å²) in [6, 6.07) is 15.4. The Balaban J connectivity index is 1.62. The zero-order chi connectivity index (χ0) is 17.6. The Morgan fingerprint density at radius 2 is 2.00 bits per heavy atom. The minimum Gasteiger partial charge on any atom is -0.496 e. The summed E-state index contributed by atoms with van der Waals surface area (Å²) in [5, 5.41) is 12.8. The molecule has 0 saturated heterocycles. The van der Waals surface area contributed by atoms with Gasteiger partial charge in [-0.25, -0.2) is 4.79 Å². The fourth-order valence-corrected chi connectivity index (χ4v) is 3.41. The van der Waals surface area contributed by atoms with E-state index in [9.17, 15) is 9.90 Å². The fourth-order valence-electron chi connectivity index (χ4n) is 3.41. The molecule has 0 aromatic heterocycles. The number of benzene rings is 2. The predicted molar refractivity (Wildman–Crippen MR) is 96.8 cm³/mol. The van der Waals surface area contributed by atoms with Crippen LogP contribution in [0.25, 0.3) is 0 Å². The third kappa shape index (κ3) is 3.77. The molecule has 0 saturated carbocycles. The van der Waals surface area contributed by atoms with E-state index in [0.717, 1.165) is 23.3 Å². The second-order valence-electron chi connectivity index (χ2n) is 6.13. The highest BCUT2D eigenvalue weighted by Gasteiger charge is 2.29. The van der Waals surface area contributed by atoms with E-state index in [2.05, 4.69) is 11.4 Å². The molecule has 0 aliphatic carbocycles. The Kier molecular flexibility index (Phi) is 5.56. The van der Waals surface area contributed by atoms with Crippen molar-refractivity contribution < 1.29 is 14.6 Å². The van der Waals surface area contributed by atoms with Crippen LogP contribution in [0, 0.1) is 0 Å². The van der Waals surface area contributed by atoms with Crippen molar-refractivity contribution in [3.8, 4) is 5.75 Å². The minimum absolute atomic E-state index is 0.0725. The van der Waals surface area contributed by atoms with Crippen LogP contribution in [0.3, 0.4) is 0 Å². The lowest BCUT2D eigenvalue weighted by atomic mass is 9.93. The van der Waals surface area contributed by atoms with Gasteiger partial charge in [0.2, 0.25) is 0 Å². The molecule has 2 N–H and O–H groups in total. The lowest BCUT2D eigenvalue weighted by Gasteiger charge is -2.36. The number of para-hydroxylation sites is 1. The van der Waals surface area contributed by atoms with Crippen molar-refractivity contribution >= 4 is 6.03 Å². The van der Waals surface area contributed by atoms with Gasteiger partial charge in [-0.3, -0.25) is 0 Å². The summed E-state index contributed by atoms with van der Waals surface area (Å²) in [5.41, 5.74) is 3.31. The minimum atomic E-state index is -0.281. The van der Waals surface area contributed by atoms with Gasteiger partial charge in [0.15, 0.2) is 0 Å². The first kappa shape index (κ1) is 17.3. The molecule has 1 aliphatic rings. The maximum atomic E-state index is 12.6. The SMILES string of the molecule is COc1ccccc1CCNC(=O)N1CCc2ccccc2C1CO. The van der Waals surface area contributed by atoms with E-state index in [-0.39, 0.29) is 18.7 Å². The molecule has 1 unspecified atom stereocenters. The zero-order valence-corrected chi connectivity index (χ0v) is 14.4. The molecular weight excluding hydrogens is 316 g/mol. The monoisotopic (exact) mass is 340 g/mol. The quantitative estimate of drug-likeness (QED) is 0.879. The van der Waals surface area contributed by atoms with Gasteiger partial charge in [0.05, 0.1) is 19.8 Å². The zero-order valence-electron chi connectivity index (χ0n) is 14.4. The number of carbonyl (C=O) groups excluding carboxylic acids is 1. The van der Waals surface area contributed by atoms with Crippen LogP contribution in [0.1, 0.15) is 22.7 Å². The van der Waals surface area contributed by atoms with E-state index in [4.69, 9.17) is 4.74 Å². The molecule has 5 heteroatoms. The van der Waals surface area contributed by atoms with E-state index in [1.54, 1.807) is 12.0 Å². The van der Waals surface area contributed by atoms with Crippen molar-refractivity contribution in [2.45, 2.75) is 18.9 Å². The average Bonchev–Trinajstić information content (AvgIpc) is 2.67. The molecule has 0 spiro atoms. The number of carbonyl (C=O) groups is 1. The Morgan fingerprint density at radius 1 is 1.24 bits per heavy atom. The van der Waals surface area contributed by atoms with Crippen LogP contribution in [0.4, 0.5) is 4.79 Å². The van der Waals surface area contributed by atoms with Gasteiger partial charge in [0.25, 0.3) is 0 Å². The van der Waals surface area contributed by atoms with Gasteiger partial charge in [-0.05, 0) is 35.6 Å². The molecule has 2 amide bonds. The maximum Gasteiger partial charge on any atom is 0.318 e. The first-order chi connectivity index (χ1) is 12.2. The molecule has 1 atom stereocenters. The molecule has 2 aromatic carbocycles. The molecule has 3 rings (SSSR count). The summed E-state index contributed by atoms with van der Waals surface area (Å²) in [4.78, 5) is 14.3. The highest BCUT2D eigenvalue weighted by Crippen LogP contribution is 2.29. The molecule has 0 fully saturated rings. The van der Waals surface area contributed by atoms with Crippen molar-refractivity contribution in [3.05, 3.63) is 65.2 Å². The molecule has 2 aromatic rings. The fraction of sp³-hybridized carbons (Fsp3) is 0.350. The van der Waals surface area contributed by atoms with Crippen LogP contribution in [-0.2, 0) is 12.8 Å². The third-order valence-electron chi connectivity index (χ3n) is 4.71. The van der Waals surface area contributed by atoms with Crippen LogP contribution >= 0.6 is 0 Å². The van der Waals surface area contributed by atoms with Crippen molar-refractivity contribution in [2.24, 2.45) is 0 Å². The molecule has 25 heavy (non-hydrogen) atoms. The smallest absolute Gasteiger partial charge is 0.318 e. The van der Waals surface area contributed by atoms with Gasteiger partial charge >= 0.3 is 6.03 Å². The number of ether oxygens (including phenoxy) is 1. The summed E-state index contributed by atoms with van der Waals surface area (Å²) >= 11 is 0. The molecule has 1 aliphatic heterocycles. The number of rotatable bonds is 5. The first-order valence-electron chi connectivity index (χ1n) is 8.59. The summed E-state index contributed by atoms with van der Waals surface area (Å²) in [5.74, 6) is 0.830. The van der Waals surface area contributed by atoms with E-state index in [0.29, 0.717) is 19.5 Å². The molecule has 5 nitrogen and oxygen atoms in total. The van der Waals surface area contributed by atoms with Gasteiger partial charge < -0.3 is 20.1 Å². The van der Waals surface area contributed by atoms with Crippen LogP contribution < -0.4 is 10.1 Å². The number of methoxy groups -OCH3 is 1. The number of hydrogen-bond donors (Lipinski definition) is 2. The van der Waals surface area contributed by atoms with Crippen molar-refractivity contribution in [2.75, 3.05) is 26.8 Å². The van der Waals surface area contributed by atoms with Crippen LogP contribution in [0.2, 0.25) is 0 Å². The summed E-state index contributed by atoms with van der Waals surface area (Å²) < 4.78 is 5.34. The first-order valence-corrected chi connectivity index (χ1v) is 8.59. The molecule has 132 valence electrons. The Labute approximate surface area is 148 Å². The molecule has 1 heterocycles. The second kappa shape index (κ2) is 8.03. The standard InChI is InChI=1S/C20H24N2O3/c1-25-19-9-5-3-7-16(19)10-12-21-20(24)22-13-11-15-6-2-4-8-17(15)18(22)14-23/h2-9,18,23H,10-14H2,1H3,(H,21,24). The number of amides is 2. The summed E-state index contributed by atoms with van der Waals surface area (Å²) in [6.07, 6.45) is 1.51. The molecular formula is C20H24N2O3. The number of nitrogens with zero attached hydrogens (tertiary/aromatic N) is 1. The molecule has 0 bridgehead atoms. The number of fused-ring (bicyclic) bond motifs is 1. The van der Waals surface area contributed by atoms with E-state index < -0.39 is 0 Å². The predicted octanol–water partition coefficient (Wildman–Crippen LogP) is 2.54. The molecule has 0 radical (unpaired) electrons. The third-order valence-corrected chi connectivity index (χ3v) is 4.71. The normalized spacial score (nSPS) is 16.2. The Hall–Kier alpha value is -2.53. The number of nitrogens with one attached hydrogen (secondary N) is 1. The summed E-state index contributed by atoms with van der Waals surface area (Å²) in [6.45, 7) is 1.06. The van der Waals surface area contributed by atoms with Crippen LogP contribution in [0.15, 0.2) is 48.5 Å². The van der Waals surface area contributed by atoms with Crippen molar-refractivity contribution in [3.63, 3.8) is 0 Å². The Bertz CT molecular complexity index is 732. The van der Waals surface area contributed by atoms with Gasteiger partial charge in [0, 0.05) is 13.1 Å².